The fourth-order valence-electron chi connectivity index (χ4n) is 3.98. The van der Waals surface area contributed by atoms with Gasteiger partial charge in [0, 0.05) is 33.6 Å². The van der Waals surface area contributed by atoms with E-state index in [1.165, 1.54) is 27.7 Å². The summed E-state index contributed by atoms with van der Waals surface area (Å²) < 4.78 is 45.1. The topological polar surface area (TPSA) is 124 Å². The van der Waals surface area contributed by atoms with Gasteiger partial charge in [0.2, 0.25) is 0 Å². The second-order valence-electron chi connectivity index (χ2n) is 8.69. The molecule has 0 aromatic rings. The summed E-state index contributed by atoms with van der Waals surface area (Å²) in [5.41, 5.74) is 0. The molecule has 2 saturated heterocycles. The summed E-state index contributed by atoms with van der Waals surface area (Å²) in [4.78, 5) is 44.0. The van der Waals surface area contributed by atoms with Crippen molar-refractivity contribution in [2.75, 3.05) is 0 Å². The van der Waals surface area contributed by atoms with Crippen molar-refractivity contribution in [2.45, 2.75) is 117 Å². The number of hydrogen-bond acceptors (Lipinski definition) is 10. The third kappa shape index (κ3) is 8.50. The quantitative estimate of drug-likeness (QED) is 0.426. The molecule has 0 radical (unpaired) electrons. The van der Waals surface area contributed by atoms with Gasteiger partial charge in [-0.1, -0.05) is 6.92 Å². The van der Waals surface area contributed by atoms with Crippen LogP contribution in [0.15, 0.2) is 0 Å². The third-order valence-electron chi connectivity index (χ3n) is 5.66. The number of esters is 4. The number of rotatable bonds is 4. The van der Waals surface area contributed by atoms with Crippen molar-refractivity contribution in [2.24, 2.45) is 5.92 Å². The Balaban J connectivity index is 0.000000340. The van der Waals surface area contributed by atoms with E-state index < -0.39 is 60.7 Å². The predicted molar refractivity (Wildman–Crippen MR) is 116 cm³/mol. The SMILES string of the molecule is CC(=O)O[C@@H]1[C@@H](OC(C)=O)[C@@H](F)C(C)O[C@H]1C.CC(=O)O[C@@H]1[C@@H](OC(C)=O)[C@H](C)C(C)O[C@H]1C. The fraction of sp³-hybridized carbons (Fsp3) is 0.826. The van der Waals surface area contributed by atoms with Gasteiger partial charge in [-0.15, -0.1) is 0 Å². The highest BCUT2D eigenvalue weighted by atomic mass is 19.1. The van der Waals surface area contributed by atoms with Crippen molar-refractivity contribution in [3.63, 3.8) is 0 Å². The first-order chi connectivity index (χ1) is 15.6. The zero-order valence-corrected chi connectivity index (χ0v) is 21.2. The molecule has 2 aliphatic heterocycles. The van der Waals surface area contributed by atoms with Crippen LogP contribution in [0.1, 0.15) is 62.3 Å². The van der Waals surface area contributed by atoms with E-state index in [9.17, 15) is 23.6 Å². The Morgan fingerprint density at radius 2 is 0.853 bits per heavy atom. The highest BCUT2D eigenvalue weighted by Gasteiger charge is 2.47. The maximum Gasteiger partial charge on any atom is 0.303 e. The summed E-state index contributed by atoms with van der Waals surface area (Å²) >= 11 is 0. The van der Waals surface area contributed by atoms with Crippen LogP contribution in [-0.4, -0.2) is 78.9 Å². The Morgan fingerprint density at radius 1 is 0.529 bits per heavy atom. The lowest BCUT2D eigenvalue weighted by Crippen LogP contribution is -2.57. The smallest absolute Gasteiger partial charge is 0.303 e. The Kier molecular flexibility index (Phi) is 11.4. The van der Waals surface area contributed by atoms with Crippen LogP contribution in [0, 0.1) is 5.92 Å². The van der Waals surface area contributed by atoms with Gasteiger partial charge in [0.25, 0.3) is 0 Å². The molecule has 0 aromatic carbocycles. The molecule has 2 unspecified atom stereocenters. The van der Waals surface area contributed by atoms with Crippen molar-refractivity contribution >= 4 is 23.9 Å². The maximum absolute atomic E-state index is 13.9. The summed E-state index contributed by atoms with van der Waals surface area (Å²) in [5, 5.41) is 0. The van der Waals surface area contributed by atoms with Gasteiger partial charge in [-0.25, -0.2) is 4.39 Å². The van der Waals surface area contributed by atoms with E-state index >= 15 is 0 Å². The van der Waals surface area contributed by atoms with E-state index in [-0.39, 0.29) is 24.1 Å². The average Bonchev–Trinajstić information content (AvgIpc) is 2.69. The van der Waals surface area contributed by atoms with Crippen LogP contribution in [0.25, 0.3) is 0 Å². The van der Waals surface area contributed by atoms with Gasteiger partial charge in [0.05, 0.1) is 24.4 Å². The van der Waals surface area contributed by atoms with Crippen LogP contribution in [0.3, 0.4) is 0 Å². The first-order valence-corrected chi connectivity index (χ1v) is 11.3. The van der Waals surface area contributed by atoms with Gasteiger partial charge in [0.1, 0.15) is 6.10 Å². The Bertz CT molecular complexity index is 669. The van der Waals surface area contributed by atoms with E-state index in [1.54, 1.807) is 13.8 Å². The molecule has 10 atom stereocenters. The van der Waals surface area contributed by atoms with E-state index in [0.717, 1.165) is 0 Å². The lowest BCUT2D eigenvalue weighted by Gasteiger charge is -2.42. The molecule has 10 nitrogen and oxygen atoms in total. The van der Waals surface area contributed by atoms with Crippen LogP contribution in [0.5, 0.6) is 0 Å². The molecule has 0 saturated carbocycles. The van der Waals surface area contributed by atoms with E-state index in [1.807, 2.05) is 20.8 Å². The average molecular weight is 493 g/mol. The molecule has 2 aliphatic rings. The number of alkyl halides is 1. The van der Waals surface area contributed by atoms with E-state index in [0.29, 0.717) is 0 Å². The van der Waals surface area contributed by atoms with Gasteiger partial charge < -0.3 is 28.4 Å². The fourth-order valence-corrected chi connectivity index (χ4v) is 3.98. The lowest BCUT2D eigenvalue weighted by atomic mass is 9.89. The van der Waals surface area contributed by atoms with Gasteiger partial charge in [-0.3, -0.25) is 19.2 Å². The second kappa shape index (κ2) is 13.0. The number of carbonyl (C=O) groups excluding carboxylic acids is 4. The van der Waals surface area contributed by atoms with Crippen LogP contribution < -0.4 is 0 Å². The van der Waals surface area contributed by atoms with Gasteiger partial charge >= 0.3 is 23.9 Å². The van der Waals surface area contributed by atoms with Crippen LogP contribution in [0.2, 0.25) is 0 Å². The lowest BCUT2D eigenvalue weighted by molar-refractivity contribution is -0.221. The van der Waals surface area contributed by atoms with Crippen molar-refractivity contribution in [3.05, 3.63) is 0 Å². The second-order valence-corrected chi connectivity index (χ2v) is 8.69. The Hall–Kier alpha value is -2.27. The monoisotopic (exact) mass is 492 g/mol. The minimum atomic E-state index is -1.51. The zero-order chi connectivity index (χ0) is 26.3. The van der Waals surface area contributed by atoms with Crippen molar-refractivity contribution in [1.29, 1.82) is 0 Å². The molecule has 2 rings (SSSR count). The Labute approximate surface area is 199 Å². The number of halogens is 1. The zero-order valence-electron chi connectivity index (χ0n) is 21.2. The number of carbonyl (C=O) groups is 4. The van der Waals surface area contributed by atoms with Gasteiger partial charge in [-0.05, 0) is 27.7 Å². The summed E-state index contributed by atoms with van der Waals surface area (Å²) in [6.45, 7) is 13.9. The summed E-state index contributed by atoms with van der Waals surface area (Å²) in [6.07, 6.45) is -6.09. The number of ether oxygens (including phenoxy) is 6. The van der Waals surface area contributed by atoms with Crippen molar-refractivity contribution in [3.8, 4) is 0 Å². The van der Waals surface area contributed by atoms with Crippen LogP contribution in [-0.2, 0) is 47.6 Å². The first-order valence-electron chi connectivity index (χ1n) is 11.3. The van der Waals surface area contributed by atoms with Gasteiger partial charge in [-0.2, -0.15) is 0 Å². The molecule has 0 aromatic heterocycles. The molecular formula is C23H37FO10. The van der Waals surface area contributed by atoms with Crippen LogP contribution in [0.4, 0.5) is 4.39 Å². The molecular weight excluding hydrogens is 455 g/mol. The van der Waals surface area contributed by atoms with E-state index in [2.05, 4.69) is 0 Å². The minimum absolute atomic E-state index is 0.0144. The molecule has 0 aliphatic carbocycles. The predicted octanol–water partition coefficient (Wildman–Crippen LogP) is 2.29. The summed E-state index contributed by atoms with van der Waals surface area (Å²) in [5.74, 6) is -1.97. The normalized spacial score (nSPS) is 37.4. The molecule has 0 spiro atoms. The third-order valence-corrected chi connectivity index (χ3v) is 5.66. The molecule has 11 heteroatoms. The summed E-state index contributed by atoms with van der Waals surface area (Å²) in [6, 6.07) is 0. The molecule has 2 fully saturated rings. The summed E-state index contributed by atoms with van der Waals surface area (Å²) in [7, 11) is 0. The Morgan fingerprint density at radius 3 is 1.26 bits per heavy atom. The highest BCUT2D eigenvalue weighted by Crippen LogP contribution is 2.30. The first kappa shape index (κ1) is 29.8. The minimum Gasteiger partial charge on any atom is -0.458 e. The number of hydrogen-bond donors (Lipinski definition) is 0. The van der Waals surface area contributed by atoms with Crippen LogP contribution >= 0.6 is 0 Å². The molecule has 0 amide bonds. The van der Waals surface area contributed by atoms with Crippen molar-refractivity contribution in [1.82, 2.24) is 0 Å². The molecule has 0 N–H and O–H groups in total. The molecule has 0 bridgehead atoms. The van der Waals surface area contributed by atoms with Gasteiger partial charge in [0.15, 0.2) is 24.5 Å². The molecule has 2 heterocycles. The van der Waals surface area contributed by atoms with Crippen molar-refractivity contribution < 1.29 is 52.0 Å². The highest BCUT2D eigenvalue weighted by molar-refractivity contribution is 5.68. The standard InChI is InChI=1S/C12H20O5.C11H17FO5/c1-6-7(2)15-8(3)12(17-10(5)14)11(6)16-9(4)13;1-5-9(12)11(17-8(4)14)10(6(2)15-5)16-7(3)13/h6-8,11-12H,1-5H3;5-6,9-11H,1-4H3/t6-,7?,8+,11+,12+;5?,6-,9-,10-,11-/m10/s1. The largest absolute Gasteiger partial charge is 0.458 e. The maximum atomic E-state index is 13.9. The molecule has 196 valence electrons. The molecule has 34 heavy (non-hydrogen) atoms. The van der Waals surface area contributed by atoms with E-state index in [4.69, 9.17) is 28.4 Å².